The maximum absolute atomic E-state index is 12.9. The lowest BCUT2D eigenvalue weighted by atomic mass is 9.47. The van der Waals surface area contributed by atoms with Gasteiger partial charge in [0.1, 0.15) is 6.10 Å². The van der Waals surface area contributed by atoms with Gasteiger partial charge in [0, 0.05) is 17.8 Å². The highest BCUT2D eigenvalue weighted by Crippen LogP contribution is 2.67. The van der Waals surface area contributed by atoms with E-state index in [1.807, 2.05) is 0 Å². The molecule has 0 saturated heterocycles. The molecular weight excluding hydrogens is 480 g/mol. The zero-order valence-corrected chi connectivity index (χ0v) is 24.6. The molecule has 1 aromatic rings. The largest absolute Gasteiger partial charge is 0.458 e. The van der Waals surface area contributed by atoms with Crippen LogP contribution in [0.15, 0.2) is 29.8 Å². The van der Waals surface area contributed by atoms with Crippen LogP contribution in [0.4, 0.5) is 11.4 Å². The molecular formula is C35H56N2O2. The highest BCUT2D eigenvalue weighted by Gasteiger charge is 2.59. The molecule has 4 heteroatoms. The highest BCUT2D eigenvalue weighted by atomic mass is 16.5. The molecule has 8 unspecified atom stereocenters. The van der Waals surface area contributed by atoms with E-state index in [1.54, 1.807) is 23.8 Å². The Morgan fingerprint density at radius 1 is 0.974 bits per heavy atom. The van der Waals surface area contributed by atoms with Crippen LogP contribution >= 0.6 is 0 Å². The zero-order valence-electron chi connectivity index (χ0n) is 24.6. The Balaban J connectivity index is 0.00000353. The number of ether oxygens (including phenoxy) is 1. The smallest absolute Gasteiger partial charge is 0.338 e. The molecule has 4 N–H and O–H groups in total. The van der Waals surface area contributed by atoms with Gasteiger partial charge in [0.05, 0.1) is 5.56 Å². The van der Waals surface area contributed by atoms with Crippen molar-refractivity contribution in [2.45, 2.75) is 119 Å². The van der Waals surface area contributed by atoms with Crippen LogP contribution in [0.25, 0.3) is 0 Å². The first-order chi connectivity index (χ1) is 18.0. The molecule has 3 fully saturated rings. The molecule has 0 spiro atoms. The summed E-state index contributed by atoms with van der Waals surface area (Å²) in [5, 5.41) is 0. The van der Waals surface area contributed by atoms with Gasteiger partial charge in [0.15, 0.2) is 0 Å². The van der Waals surface area contributed by atoms with Crippen LogP contribution in [-0.4, -0.2) is 12.1 Å². The lowest BCUT2D eigenvalue weighted by Crippen LogP contribution is -2.51. The second-order valence-electron chi connectivity index (χ2n) is 14.4. The van der Waals surface area contributed by atoms with E-state index < -0.39 is 0 Å². The van der Waals surface area contributed by atoms with E-state index in [0.717, 1.165) is 54.8 Å². The molecule has 3 saturated carbocycles. The van der Waals surface area contributed by atoms with Gasteiger partial charge in [-0.15, -0.1) is 0 Å². The zero-order chi connectivity index (χ0) is 27.2. The number of carbonyl (C=O) groups excluding carboxylic acids is 1. The number of fused-ring (bicyclic) bond motifs is 5. The van der Waals surface area contributed by atoms with Gasteiger partial charge in [0.25, 0.3) is 0 Å². The molecule has 4 aliphatic rings. The summed E-state index contributed by atoms with van der Waals surface area (Å²) < 4.78 is 6.00. The molecule has 0 radical (unpaired) electrons. The van der Waals surface area contributed by atoms with E-state index in [0.29, 0.717) is 22.4 Å². The normalized spacial score (nSPS) is 36.2. The third kappa shape index (κ3) is 5.64. The van der Waals surface area contributed by atoms with Crippen LogP contribution in [0.5, 0.6) is 0 Å². The van der Waals surface area contributed by atoms with Gasteiger partial charge in [-0.3, -0.25) is 0 Å². The molecule has 0 bridgehead atoms. The summed E-state index contributed by atoms with van der Waals surface area (Å²) in [6.07, 6.45) is 16.5. The first kappa shape index (κ1) is 30.0. The van der Waals surface area contributed by atoms with Crippen molar-refractivity contribution in [2.75, 3.05) is 11.5 Å². The van der Waals surface area contributed by atoms with Crippen LogP contribution in [0.3, 0.4) is 0 Å². The van der Waals surface area contributed by atoms with Crippen LogP contribution in [-0.2, 0) is 4.74 Å². The van der Waals surface area contributed by atoms with Gasteiger partial charge >= 0.3 is 5.97 Å². The van der Waals surface area contributed by atoms with Gasteiger partial charge in [0.2, 0.25) is 0 Å². The number of hydrogen-bond acceptors (Lipinski definition) is 4. The van der Waals surface area contributed by atoms with Crippen molar-refractivity contribution in [1.82, 2.24) is 0 Å². The van der Waals surface area contributed by atoms with Gasteiger partial charge in [-0.25, -0.2) is 4.79 Å². The Kier molecular flexibility index (Phi) is 8.84. The second kappa shape index (κ2) is 11.5. The van der Waals surface area contributed by atoms with Gasteiger partial charge < -0.3 is 16.2 Å². The van der Waals surface area contributed by atoms with E-state index >= 15 is 0 Å². The number of rotatable bonds is 7. The molecule has 4 nitrogen and oxygen atoms in total. The molecule has 8 atom stereocenters. The third-order valence-corrected chi connectivity index (χ3v) is 11.7. The van der Waals surface area contributed by atoms with Crippen LogP contribution in [0.2, 0.25) is 0 Å². The number of esters is 1. The van der Waals surface area contributed by atoms with Crippen molar-refractivity contribution >= 4 is 17.3 Å². The Labute approximate surface area is 238 Å². The number of carbonyl (C=O) groups is 1. The Morgan fingerprint density at radius 2 is 1.69 bits per heavy atom. The van der Waals surface area contributed by atoms with E-state index in [9.17, 15) is 4.79 Å². The van der Waals surface area contributed by atoms with E-state index in [2.05, 4.69) is 40.7 Å². The molecule has 1 aromatic carbocycles. The number of anilines is 2. The van der Waals surface area contributed by atoms with Gasteiger partial charge in [-0.05, 0) is 109 Å². The Hall–Kier alpha value is -1.97. The summed E-state index contributed by atoms with van der Waals surface area (Å²) in [5.74, 6) is 4.74. The minimum atomic E-state index is -0.306. The molecule has 5 rings (SSSR count). The van der Waals surface area contributed by atoms with Crippen molar-refractivity contribution in [3.05, 3.63) is 35.4 Å². The monoisotopic (exact) mass is 536 g/mol. The molecule has 0 heterocycles. The first-order valence-corrected chi connectivity index (χ1v) is 15.6. The van der Waals surface area contributed by atoms with Crippen molar-refractivity contribution in [2.24, 2.45) is 46.3 Å². The fraction of sp³-hybridized carbons (Fsp3) is 0.743. The predicted molar refractivity (Wildman–Crippen MR) is 164 cm³/mol. The third-order valence-electron chi connectivity index (χ3n) is 11.7. The predicted octanol–water partition coefficient (Wildman–Crippen LogP) is 9.05. The summed E-state index contributed by atoms with van der Waals surface area (Å²) in [6.45, 7) is 12.5. The number of nitrogens with two attached hydrogens (primary N) is 2. The minimum Gasteiger partial charge on any atom is -0.458 e. The first-order valence-electron chi connectivity index (χ1n) is 15.6. The van der Waals surface area contributed by atoms with Crippen molar-refractivity contribution in [3.63, 3.8) is 0 Å². The molecule has 0 aliphatic heterocycles. The highest BCUT2D eigenvalue weighted by molar-refractivity contribution is 5.91. The molecule has 218 valence electrons. The number of nitrogen functional groups attached to an aromatic ring is 2. The number of allylic oxidation sites excluding steroid dienone is 1. The topological polar surface area (TPSA) is 78.3 Å². The summed E-state index contributed by atoms with van der Waals surface area (Å²) in [6, 6.07) is 4.99. The van der Waals surface area contributed by atoms with Crippen LogP contribution < -0.4 is 11.5 Å². The lowest BCUT2D eigenvalue weighted by molar-refractivity contribution is -0.0594. The summed E-state index contributed by atoms with van der Waals surface area (Å²) in [5.41, 5.74) is 15.6. The van der Waals surface area contributed by atoms with Gasteiger partial charge in [-0.2, -0.15) is 0 Å². The molecule has 39 heavy (non-hydrogen) atoms. The summed E-state index contributed by atoms with van der Waals surface area (Å²) in [7, 11) is 0. The fourth-order valence-corrected chi connectivity index (χ4v) is 9.77. The number of benzene rings is 1. The standard InChI is InChI=1S/C34H52N2O2.CH4/c1-21(2)7-6-8-22(3)29-11-12-30-28-10-9-24-19-27(38-32(37)23-17-25(35)20-26(36)18-23)13-15-33(24,4)31(28)14-16-34(29,30)5;/h9,17-18,20-22,27-31H,6-8,10-16,19,35-36H2,1-5H3;1H4. The SMILES string of the molecule is C.CC(C)CCCC(C)C1CCC2C3CC=C4CC(OC(=O)c5cc(N)cc(N)c5)CCC4(C)C3CCC12C. The summed E-state index contributed by atoms with van der Waals surface area (Å²) in [4.78, 5) is 12.9. The van der Waals surface area contributed by atoms with Crippen molar-refractivity contribution < 1.29 is 9.53 Å². The fourth-order valence-electron chi connectivity index (χ4n) is 9.77. The molecule has 0 amide bonds. The second-order valence-corrected chi connectivity index (χ2v) is 14.4. The maximum atomic E-state index is 12.9. The molecule has 0 aromatic heterocycles. The van der Waals surface area contributed by atoms with Crippen molar-refractivity contribution in [1.29, 1.82) is 0 Å². The summed E-state index contributed by atoms with van der Waals surface area (Å²) >= 11 is 0. The van der Waals surface area contributed by atoms with E-state index in [1.165, 1.54) is 51.4 Å². The lowest BCUT2D eigenvalue weighted by Gasteiger charge is -2.58. The number of hydrogen-bond donors (Lipinski definition) is 2. The quantitative estimate of drug-likeness (QED) is 0.207. The van der Waals surface area contributed by atoms with Crippen molar-refractivity contribution in [3.8, 4) is 0 Å². The average molecular weight is 537 g/mol. The Bertz CT molecular complexity index is 1040. The van der Waals surface area contributed by atoms with Crippen LogP contribution in [0, 0.1) is 46.3 Å². The van der Waals surface area contributed by atoms with E-state index in [-0.39, 0.29) is 24.9 Å². The van der Waals surface area contributed by atoms with Crippen LogP contribution in [0.1, 0.15) is 123 Å². The molecule has 4 aliphatic carbocycles. The Morgan fingerprint density at radius 3 is 2.38 bits per heavy atom. The van der Waals surface area contributed by atoms with E-state index in [4.69, 9.17) is 16.2 Å². The van der Waals surface area contributed by atoms with Gasteiger partial charge in [-0.1, -0.05) is 73.0 Å². The minimum absolute atomic E-state index is 0. The maximum Gasteiger partial charge on any atom is 0.338 e. The average Bonchev–Trinajstić information content (AvgIpc) is 3.20.